The molecular formula is C27H30F2N4O2. The minimum Gasteiger partial charge on any atom is -0.372 e. The van der Waals surface area contributed by atoms with E-state index in [2.05, 4.69) is 20.2 Å². The summed E-state index contributed by atoms with van der Waals surface area (Å²) in [5.74, 6) is -2.27. The largest absolute Gasteiger partial charge is 0.372 e. The molecular weight excluding hydrogens is 450 g/mol. The minimum atomic E-state index is -2.86. The van der Waals surface area contributed by atoms with Crippen LogP contribution in [0.5, 0.6) is 0 Å². The second kappa shape index (κ2) is 10.5. The number of benzene rings is 2. The van der Waals surface area contributed by atoms with Crippen molar-refractivity contribution in [1.29, 1.82) is 0 Å². The van der Waals surface area contributed by atoms with Crippen LogP contribution in [-0.2, 0) is 21.9 Å². The van der Waals surface area contributed by atoms with Crippen LogP contribution in [0.3, 0.4) is 0 Å². The van der Waals surface area contributed by atoms with Crippen LogP contribution in [0.25, 0.3) is 11.3 Å². The van der Waals surface area contributed by atoms with Crippen molar-refractivity contribution in [3.63, 3.8) is 0 Å². The predicted molar refractivity (Wildman–Crippen MR) is 133 cm³/mol. The van der Waals surface area contributed by atoms with Crippen LogP contribution < -0.4 is 10.2 Å². The summed E-state index contributed by atoms with van der Waals surface area (Å²) in [5.41, 5.74) is 2.95. The van der Waals surface area contributed by atoms with Crippen LogP contribution in [-0.4, -0.2) is 41.2 Å². The number of morpholine rings is 1. The molecule has 2 heterocycles. The van der Waals surface area contributed by atoms with Gasteiger partial charge in [-0.25, -0.2) is 13.8 Å². The molecule has 1 aliphatic rings. The van der Waals surface area contributed by atoms with E-state index in [1.54, 1.807) is 24.5 Å². The summed E-state index contributed by atoms with van der Waals surface area (Å²) in [5, 5.41) is 2.86. The highest BCUT2D eigenvalue weighted by atomic mass is 19.3. The summed E-state index contributed by atoms with van der Waals surface area (Å²) in [4.78, 5) is 23.8. The van der Waals surface area contributed by atoms with Crippen LogP contribution in [0.1, 0.15) is 38.3 Å². The fourth-order valence-electron chi connectivity index (χ4n) is 4.29. The zero-order chi connectivity index (χ0) is 25.0. The van der Waals surface area contributed by atoms with Gasteiger partial charge in [0.1, 0.15) is 5.69 Å². The van der Waals surface area contributed by atoms with Gasteiger partial charge in [-0.15, -0.1) is 0 Å². The van der Waals surface area contributed by atoms with E-state index < -0.39 is 5.92 Å². The number of nitrogens with one attached hydrogen (secondary N) is 1. The topological polar surface area (TPSA) is 67.4 Å². The van der Waals surface area contributed by atoms with Crippen molar-refractivity contribution in [2.75, 3.05) is 23.3 Å². The summed E-state index contributed by atoms with van der Waals surface area (Å²) < 4.78 is 33.4. The summed E-state index contributed by atoms with van der Waals surface area (Å²) in [6.07, 6.45) is 3.40. The van der Waals surface area contributed by atoms with Gasteiger partial charge in [-0.2, -0.15) is 0 Å². The summed E-state index contributed by atoms with van der Waals surface area (Å²) in [7, 11) is 0. The second-order valence-corrected chi connectivity index (χ2v) is 8.95. The number of carbonyl (C=O) groups excluding carboxylic acids is 1. The number of amides is 1. The van der Waals surface area contributed by atoms with E-state index in [0.29, 0.717) is 11.3 Å². The molecule has 35 heavy (non-hydrogen) atoms. The molecule has 0 radical (unpaired) electrons. The van der Waals surface area contributed by atoms with Gasteiger partial charge in [0.05, 0.1) is 18.6 Å². The third-order valence-corrected chi connectivity index (χ3v) is 6.03. The second-order valence-electron chi connectivity index (χ2n) is 8.95. The van der Waals surface area contributed by atoms with Crippen molar-refractivity contribution in [1.82, 2.24) is 9.97 Å². The lowest BCUT2D eigenvalue weighted by molar-refractivity contribution is -0.115. The fourth-order valence-corrected chi connectivity index (χ4v) is 4.29. The van der Waals surface area contributed by atoms with Gasteiger partial charge in [-0.05, 0) is 31.5 Å². The van der Waals surface area contributed by atoms with Gasteiger partial charge in [0, 0.05) is 48.7 Å². The van der Waals surface area contributed by atoms with Gasteiger partial charge in [-0.3, -0.25) is 9.78 Å². The van der Waals surface area contributed by atoms with Crippen molar-refractivity contribution in [3.8, 4) is 11.3 Å². The number of aromatic nitrogens is 2. The molecule has 2 aromatic carbocycles. The minimum absolute atomic E-state index is 0.0379. The molecule has 1 fully saturated rings. The van der Waals surface area contributed by atoms with Crippen LogP contribution in [0.15, 0.2) is 60.9 Å². The van der Waals surface area contributed by atoms with Gasteiger partial charge < -0.3 is 15.0 Å². The average Bonchev–Trinajstić information content (AvgIpc) is 2.84. The third-order valence-electron chi connectivity index (χ3n) is 6.03. The molecule has 2 atom stereocenters. The molecule has 1 N–H and O–H groups in total. The number of ether oxygens (including phenoxy) is 1. The lowest BCUT2D eigenvalue weighted by Crippen LogP contribution is -2.46. The number of rotatable bonds is 7. The van der Waals surface area contributed by atoms with E-state index in [0.717, 1.165) is 30.2 Å². The molecule has 0 bridgehead atoms. The Labute approximate surface area is 204 Å². The van der Waals surface area contributed by atoms with E-state index in [1.165, 1.54) is 19.1 Å². The third kappa shape index (κ3) is 6.00. The highest BCUT2D eigenvalue weighted by molar-refractivity contribution is 5.92. The fraction of sp³-hybridized carbons (Fsp3) is 0.370. The van der Waals surface area contributed by atoms with Crippen LogP contribution in [0.4, 0.5) is 20.3 Å². The Balaban J connectivity index is 1.42. The van der Waals surface area contributed by atoms with Crippen molar-refractivity contribution in [2.45, 2.75) is 51.7 Å². The number of hydrogen-bond donors (Lipinski definition) is 1. The summed E-state index contributed by atoms with van der Waals surface area (Å²) in [6.45, 7) is 7.01. The van der Waals surface area contributed by atoms with Crippen LogP contribution in [0, 0.1) is 0 Å². The van der Waals surface area contributed by atoms with E-state index in [4.69, 9.17) is 4.74 Å². The molecule has 1 saturated heterocycles. The van der Waals surface area contributed by atoms with Gasteiger partial charge in [0.15, 0.2) is 5.82 Å². The Bertz CT molecular complexity index is 1140. The summed E-state index contributed by atoms with van der Waals surface area (Å²) >= 11 is 0. The van der Waals surface area contributed by atoms with Crippen molar-refractivity contribution in [3.05, 3.63) is 72.1 Å². The first-order valence-electron chi connectivity index (χ1n) is 11.8. The standard InChI is InChI=1S/C27H30F2N4O2/c1-4-27(28,29)22-9-5-20(6-10-22)15-24(34)32-23-11-7-21(8-12-23)25-26(31-14-13-30-25)33-16-18(2)35-19(3)17-33/h5-14,18-19H,4,15-17H2,1-3H3,(H,32,34)/t18-,19-/m1/s1. The van der Waals surface area contributed by atoms with E-state index in [1.807, 2.05) is 38.1 Å². The molecule has 8 heteroatoms. The number of halogens is 2. The summed E-state index contributed by atoms with van der Waals surface area (Å²) in [6, 6.07) is 13.4. The molecule has 1 aliphatic heterocycles. The lowest BCUT2D eigenvalue weighted by Gasteiger charge is -2.36. The molecule has 6 nitrogen and oxygen atoms in total. The van der Waals surface area contributed by atoms with E-state index in [9.17, 15) is 13.6 Å². The first-order chi connectivity index (χ1) is 16.7. The molecule has 0 saturated carbocycles. The first-order valence-corrected chi connectivity index (χ1v) is 11.8. The van der Waals surface area contributed by atoms with E-state index >= 15 is 0 Å². The Morgan fingerprint density at radius 2 is 1.66 bits per heavy atom. The van der Waals surface area contributed by atoms with Gasteiger partial charge >= 0.3 is 0 Å². The Kier molecular flexibility index (Phi) is 7.40. The Morgan fingerprint density at radius 1 is 1.03 bits per heavy atom. The molecule has 0 spiro atoms. The number of anilines is 2. The van der Waals surface area contributed by atoms with Crippen molar-refractivity contribution in [2.24, 2.45) is 0 Å². The normalized spacial score (nSPS) is 18.4. The Morgan fingerprint density at radius 3 is 2.29 bits per heavy atom. The molecule has 0 unspecified atom stereocenters. The SMILES string of the molecule is CCC(F)(F)c1ccc(CC(=O)Nc2ccc(-c3nccnc3N3C[C@@H](C)O[C@H](C)C3)cc2)cc1. The van der Waals surface area contributed by atoms with Crippen molar-refractivity contribution >= 4 is 17.4 Å². The monoisotopic (exact) mass is 480 g/mol. The van der Waals surface area contributed by atoms with Gasteiger partial charge in [0.25, 0.3) is 5.92 Å². The molecule has 3 aromatic rings. The van der Waals surface area contributed by atoms with Crippen LogP contribution in [0.2, 0.25) is 0 Å². The number of nitrogens with zero attached hydrogens (tertiary/aromatic N) is 3. The van der Waals surface area contributed by atoms with Crippen molar-refractivity contribution < 1.29 is 18.3 Å². The predicted octanol–water partition coefficient (Wildman–Crippen LogP) is 5.44. The zero-order valence-corrected chi connectivity index (χ0v) is 20.2. The average molecular weight is 481 g/mol. The lowest BCUT2D eigenvalue weighted by atomic mass is 10.0. The van der Waals surface area contributed by atoms with Gasteiger partial charge in [-0.1, -0.05) is 43.3 Å². The molecule has 1 amide bonds. The van der Waals surface area contributed by atoms with E-state index in [-0.39, 0.29) is 36.5 Å². The number of carbonyl (C=O) groups is 1. The quantitative estimate of drug-likeness (QED) is 0.488. The zero-order valence-electron chi connectivity index (χ0n) is 20.2. The molecule has 4 rings (SSSR count). The number of alkyl halides is 2. The molecule has 184 valence electrons. The molecule has 1 aromatic heterocycles. The smallest absolute Gasteiger partial charge is 0.273 e. The highest BCUT2D eigenvalue weighted by Crippen LogP contribution is 2.32. The maximum Gasteiger partial charge on any atom is 0.273 e. The maximum absolute atomic E-state index is 13.8. The maximum atomic E-state index is 13.8. The Hall–Kier alpha value is -3.39. The number of hydrogen-bond acceptors (Lipinski definition) is 5. The first kappa shape index (κ1) is 24.7. The van der Waals surface area contributed by atoms with Crippen LogP contribution >= 0.6 is 0 Å². The highest BCUT2D eigenvalue weighted by Gasteiger charge is 2.28. The van der Waals surface area contributed by atoms with Gasteiger partial charge in [0.2, 0.25) is 5.91 Å². The molecule has 0 aliphatic carbocycles.